The van der Waals surface area contributed by atoms with Crippen molar-refractivity contribution in [2.45, 2.75) is 38.7 Å². The normalized spacial score (nSPS) is 27.1. The maximum atomic E-state index is 12.3. The van der Waals surface area contributed by atoms with Crippen LogP contribution in [0, 0.1) is 18.8 Å². The first-order valence-electron chi connectivity index (χ1n) is 7.86. The number of nitrogens with zero attached hydrogens (tertiary/aromatic N) is 2. The number of aliphatic carboxylic acids is 1. The average Bonchev–Trinajstić information content (AvgIpc) is 2.74. The van der Waals surface area contributed by atoms with Crippen LogP contribution in [-0.4, -0.2) is 44.1 Å². The number of aromatic nitrogens is 1. The zero-order chi connectivity index (χ0) is 17.6. The van der Waals surface area contributed by atoms with Gasteiger partial charge in [0.1, 0.15) is 5.70 Å². The topological polar surface area (TPSA) is 90.7 Å². The molecule has 1 fully saturated rings. The van der Waals surface area contributed by atoms with Crippen LogP contribution in [0.4, 0.5) is 0 Å². The van der Waals surface area contributed by atoms with Crippen LogP contribution in [0.15, 0.2) is 28.9 Å². The monoisotopic (exact) mass is 348 g/mol. The SMILES string of the molecule is Cc1cc(CSC2=C(C(=O)O)N3C(=O)[C@H](C(C)O)[C@@H]3[C@H]2C)ccn1. The predicted molar refractivity (Wildman–Crippen MR) is 89.9 cm³/mol. The highest BCUT2D eigenvalue weighted by atomic mass is 32.2. The van der Waals surface area contributed by atoms with Crippen molar-refractivity contribution in [2.75, 3.05) is 0 Å². The van der Waals surface area contributed by atoms with Crippen molar-refractivity contribution in [3.8, 4) is 0 Å². The number of pyridine rings is 1. The summed E-state index contributed by atoms with van der Waals surface area (Å²) >= 11 is 1.45. The van der Waals surface area contributed by atoms with Gasteiger partial charge in [0.15, 0.2) is 0 Å². The molecule has 2 aliphatic rings. The first kappa shape index (κ1) is 17.0. The second kappa shape index (κ2) is 6.22. The third-order valence-corrected chi connectivity index (χ3v) is 6.02. The number of carboxylic acids is 1. The highest BCUT2D eigenvalue weighted by Crippen LogP contribution is 2.50. The van der Waals surface area contributed by atoms with Gasteiger partial charge in [0.05, 0.1) is 18.1 Å². The third kappa shape index (κ3) is 2.61. The summed E-state index contributed by atoms with van der Waals surface area (Å²) in [5.41, 5.74) is 2.04. The van der Waals surface area contributed by atoms with E-state index in [0.717, 1.165) is 11.3 Å². The molecule has 7 heteroatoms. The van der Waals surface area contributed by atoms with Crippen LogP contribution in [0.1, 0.15) is 25.1 Å². The smallest absolute Gasteiger partial charge is 0.353 e. The van der Waals surface area contributed by atoms with Gasteiger partial charge in [0.2, 0.25) is 5.91 Å². The van der Waals surface area contributed by atoms with Gasteiger partial charge in [-0.2, -0.15) is 0 Å². The van der Waals surface area contributed by atoms with Crippen molar-refractivity contribution in [2.24, 2.45) is 11.8 Å². The Labute approximate surface area is 144 Å². The summed E-state index contributed by atoms with van der Waals surface area (Å²) in [6.07, 6.45) is 0.958. The van der Waals surface area contributed by atoms with Crippen LogP contribution in [0.3, 0.4) is 0 Å². The molecule has 0 bridgehead atoms. The first-order valence-corrected chi connectivity index (χ1v) is 8.84. The number of aliphatic hydroxyl groups excluding tert-OH is 1. The summed E-state index contributed by atoms with van der Waals surface area (Å²) in [5, 5.41) is 19.4. The minimum Gasteiger partial charge on any atom is -0.477 e. The van der Waals surface area contributed by atoms with E-state index in [0.29, 0.717) is 10.7 Å². The number of thioether (sulfide) groups is 1. The van der Waals surface area contributed by atoms with Crippen LogP contribution < -0.4 is 0 Å². The lowest BCUT2D eigenvalue weighted by molar-refractivity contribution is -0.163. The summed E-state index contributed by atoms with van der Waals surface area (Å²) < 4.78 is 0. The van der Waals surface area contributed by atoms with E-state index in [1.807, 2.05) is 26.0 Å². The lowest BCUT2D eigenvalue weighted by atomic mass is 9.79. The van der Waals surface area contributed by atoms with E-state index in [-0.39, 0.29) is 23.6 Å². The standard InChI is InChI=1S/C17H20N2O4S/c1-8-6-11(4-5-18-8)7-24-15-9(2)13-12(10(3)20)16(21)19(13)14(15)17(22)23/h4-6,9-10,12-13,20H,7H2,1-3H3,(H,22,23)/t9-,10?,12-,13+/m1/s1. The highest BCUT2D eigenvalue weighted by Gasteiger charge is 2.59. The van der Waals surface area contributed by atoms with Gasteiger partial charge in [-0.25, -0.2) is 4.79 Å². The molecule has 24 heavy (non-hydrogen) atoms. The Morgan fingerprint density at radius 1 is 1.50 bits per heavy atom. The van der Waals surface area contributed by atoms with Gasteiger partial charge in [-0.3, -0.25) is 9.78 Å². The quantitative estimate of drug-likeness (QED) is 0.788. The largest absolute Gasteiger partial charge is 0.477 e. The molecule has 0 spiro atoms. The fourth-order valence-corrected chi connectivity index (χ4v) is 4.80. The zero-order valence-electron chi connectivity index (χ0n) is 13.8. The van der Waals surface area contributed by atoms with Crippen LogP contribution in [-0.2, 0) is 15.3 Å². The predicted octanol–water partition coefficient (Wildman–Crippen LogP) is 1.78. The number of aliphatic hydroxyl groups is 1. The van der Waals surface area contributed by atoms with Crippen molar-refractivity contribution in [3.63, 3.8) is 0 Å². The van der Waals surface area contributed by atoms with Gasteiger partial charge in [0.25, 0.3) is 0 Å². The van der Waals surface area contributed by atoms with Crippen molar-refractivity contribution in [1.29, 1.82) is 0 Å². The molecule has 4 atom stereocenters. The highest BCUT2D eigenvalue weighted by molar-refractivity contribution is 8.02. The van der Waals surface area contributed by atoms with Gasteiger partial charge in [-0.1, -0.05) is 6.92 Å². The molecule has 1 saturated heterocycles. The average molecular weight is 348 g/mol. The molecule has 1 aromatic heterocycles. The number of amides is 1. The summed E-state index contributed by atoms with van der Waals surface area (Å²) in [6.45, 7) is 5.42. The Hall–Kier alpha value is -1.86. The summed E-state index contributed by atoms with van der Waals surface area (Å²) in [7, 11) is 0. The molecule has 3 heterocycles. The molecule has 0 aromatic carbocycles. The van der Waals surface area contributed by atoms with Gasteiger partial charge in [-0.05, 0) is 31.5 Å². The lowest BCUT2D eigenvalue weighted by Crippen LogP contribution is -2.63. The van der Waals surface area contributed by atoms with Crippen molar-refractivity contribution in [1.82, 2.24) is 9.88 Å². The van der Waals surface area contributed by atoms with E-state index in [1.54, 1.807) is 13.1 Å². The van der Waals surface area contributed by atoms with E-state index in [9.17, 15) is 19.8 Å². The van der Waals surface area contributed by atoms with Crippen LogP contribution >= 0.6 is 11.8 Å². The fourth-order valence-electron chi connectivity index (χ4n) is 3.57. The maximum Gasteiger partial charge on any atom is 0.353 e. The summed E-state index contributed by atoms with van der Waals surface area (Å²) in [4.78, 5) is 30.2. The fraction of sp³-hybridized carbons (Fsp3) is 0.471. The van der Waals surface area contributed by atoms with Gasteiger partial charge in [-0.15, -0.1) is 11.8 Å². The van der Waals surface area contributed by atoms with Gasteiger partial charge < -0.3 is 15.1 Å². The molecule has 0 aliphatic carbocycles. The molecular formula is C17H20N2O4S. The lowest BCUT2D eigenvalue weighted by Gasteiger charge is -2.46. The molecule has 1 amide bonds. The molecule has 1 aromatic rings. The molecule has 128 valence electrons. The van der Waals surface area contributed by atoms with Crippen molar-refractivity contribution in [3.05, 3.63) is 40.2 Å². The number of aryl methyl sites for hydroxylation is 1. The molecule has 2 N–H and O–H groups in total. The molecule has 6 nitrogen and oxygen atoms in total. The molecule has 1 unspecified atom stereocenters. The number of rotatable bonds is 5. The Morgan fingerprint density at radius 3 is 2.79 bits per heavy atom. The van der Waals surface area contributed by atoms with E-state index in [4.69, 9.17) is 0 Å². The van der Waals surface area contributed by atoms with Crippen molar-refractivity contribution < 1.29 is 19.8 Å². The third-order valence-electron chi connectivity index (χ3n) is 4.67. The summed E-state index contributed by atoms with van der Waals surface area (Å²) in [5.74, 6) is -1.38. The van der Waals surface area contributed by atoms with Gasteiger partial charge in [0, 0.05) is 28.5 Å². The van der Waals surface area contributed by atoms with Gasteiger partial charge >= 0.3 is 5.97 Å². The number of carboxylic acid groups (broad SMARTS) is 1. The Balaban J connectivity index is 1.85. The number of carbonyl (C=O) groups is 2. The second-order valence-electron chi connectivity index (χ2n) is 6.37. The maximum absolute atomic E-state index is 12.3. The van der Waals surface area contributed by atoms with E-state index < -0.39 is 18.0 Å². The molecular weight excluding hydrogens is 328 g/mol. The summed E-state index contributed by atoms with van der Waals surface area (Å²) in [6, 6.07) is 3.61. The number of β-lactam (4-membered cyclic amide) rings is 1. The molecule has 0 saturated carbocycles. The van der Waals surface area contributed by atoms with E-state index in [2.05, 4.69) is 4.98 Å². The molecule has 2 aliphatic heterocycles. The van der Waals surface area contributed by atoms with Crippen LogP contribution in [0.25, 0.3) is 0 Å². The number of hydrogen-bond donors (Lipinski definition) is 2. The Kier molecular flexibility index (Phi) is 4.40. The van der Waals surface area contributed by atoms with Crippen LogP contribution in [0.5, 0.6) is 0 Å². The van der Waals surface area contributed by atoms with Crippen molar-refractivity contribution >= 4 is 23.6 Å². The zero-order valence-corrected chi connectivity index (χ0v) is 14.6. The van der Waals surface area contributed by atoms with Crippen LogP contribution in [0.2, 0.25) is 0 Å². The van der Waals surface area contributed by atoms with E-state index in [1.165, 1.54) is 16.7 Å². The number of fused-ring (bicyclic) bond motifs is 1. The minimum absolute atomic E-state index is 0.0742. The first-order chi connectivity index (χ1) is 11.3. The second-order valence-corrected chi connectivity index (χ2v) is 7.38. The number of carbonyl (C=O) groups excluding carboxylic acids is 1. The Morgan fingerprint density at radius 2 is 2.21 bits per heavy atom. The van der Waals surface area contributed by atoms with E-state index >= 15 is 0 Å². The minimum atomic E-state index is -1.09. The molecule has 0 radical (unpaired) electrons. The molecule has 3 rings (SSSR count). The Bertz CT molecular complexity index is 731. The number of hydrogen-bond acceptors (Lipinski definition) is 5.